The Hall–Kier alpha value is -3.98. The molecule has 1 saturated heterocycles. The largest absolute Gasteiger partial charge is 0.497 e. The van der Waals surface area contributed by atoms with Crippen LogP contribution in [0.25, 0.3) is 0 Å². The summed E-state index contributed by atoms with van der Waals surface area (Å²) in [5.74, 6) is -1.56. The van der Waals surface area contributed by atoms with Crippen LogP contribution in [0.2, 0.25) is 0 Å². The average molecular weight is 552 g/mol. The number of urea groups is 1. The topological polar surface area (TPSA) is 197 Å². The monoisotopic (exact) mass is 551 g/mol. The Morgan fingerprint density at radius 3 is 2.53 bits per heavy atom. The number of aliphatic carboxylic acids is 1. The molecule has 2 aliphatic rings. The molecule has 1 aromatic carbocycles. The van der Waals surface area contributed by atoms with E-state index in [1.165, 1.54) is 19.3 Å². The molecule has 1 aromatic rings. The van der Waals surface area contributed by atoms with Gasteiger partial charge in [0.2, 0.25) is 15.9 Å². The van der Waals surface area contributed by atoms with Crippen LogP contribution in [0.4, 0.5) is 4.79 Å². The molecule has 0 spiro atoms. The zero-order valence-electron chi connectivity index (χ0n) is 20.5. The van der Waals surface area contributed by atoms with E-state index in [9.17, 15) is 38.0 Å². The molecule has 0 radical (unpaired) electrons. The Kier molecular flexibility index (Phi) is 9.41. The summed E-state index contributed by atoms with van der Waals surface area (Å²) in [6.07, 6.45) is 3.98. The lowest BCUT2D eigenvalue weighted by Gasteiger charge is -2.28. The van der Waals surface area contributed by atoms with Crippen molar-refractivity contribution in [3.63, 3.8) is 0 Å². The van der Waals surface area contributed by atoms with Crippen LogP contribution in [0, 0.1) is 10.1 Å². The number of sulfonamides is 1. The summed E-state index contributed by atoms with van der Waals surface area (Å²) < 4.78 is 32.4. The number of nitro groups is 1. The van der Waals surface area contributed by atoms with E-state index in [-0.39, 0.29) is 31.6 Å². The summed E-state index contributed by atoms with van der Waals surface area (Å²) in [5.41, 5.74) is 0.571. The predicted molar refractivity (Wildman–Crippen MR) is 134 cm³/mol. The minimum absolute atomic E-state index is 0.0559. The number of amides is 3. The van der Waals surface area contributed by atoms with Gasteiger partial charge in [-0.15, -0.1) is 0 Å². The van der Waals surface area contributed by atoms with Crippen LogP contribution < -0.4 is 20.7 Å². The molecule has 15 heteroatoms. The van der Waals surface area contributed by atoms with Gasteiger partial charge in [-0.25, -0.2) is 18.0 Å². The van der Waals surface area contributed by atoms with Crippen LogP contribution in [0.5, 0.6) is 5.75 Å². The molecular weight excluding hydrogens is 522 g/mol. The minimum atomic E-state index is -4.04. The van der Waals surface area contributed by atoms with E-state index in [1.54, 1.807) is 24.3 Å². The van der Waals surface area contributed by atoms with Gasteiger partial charge in [-0.3, -0.25) is 14.9 Å². The summed E-state index contributed by atoms with van der Waals surface area (Å²) in [6, 6.07) is 3.66. The zero-order valence-corrected chi connectivity index (χ0v) is 21.3. The predicted octanol–water partition coefficient (Wildman–Crippen LogP) is 0.347. The summed E-state index contributed by atoms with van der Waals surface area (Å²) in [5, 5.41) is 26.6. The first-order valence-electron chi connectivity index (χ1n) is 11.7. The number of ether oxygens (including phenoxy) is 1. The number of carboxylic acids is 1. The van der Waals surface area contributed by atoms with Crippen LogP contribution in [0.1, 0.15) is 24.8 Å². The lowest BCUT2D eigenvalue weighted by molar-refractivity contribution is -0.419. The first-order valence-corrected chi connectivity index (χ1v) is 13.2. The molecule has 38 heavy (non-hydrogen) atoms. The van der Waals surface area contributed by atoms with Crippen molar-refractivity contribution in [2.75, 3.05) is 20.2 Å². The number of benzene rings is 1. The number of hydrogen-bond acceptors (Lipinski definition) is 8. The molecular formula is C23H29N5O9S. The van der Waals surface area contributed by atoms with Crippen molar-refractivity contribution >= 4 is 27.9 Å². The van der Waals surface area contributed by atoms with Gasteiger partial charge in [0.05, 0.1) is 23.8 Å². The third-order valence-electron chi connectivity index (χ3n) is 6.16. The Labute approximate surface area is 218 Å². The van der Waals surface area contributed by atoms with E-state index in [0.29, 0.717) is 12.2 Å². The molecule has 4 N–H and O–H groups in total. The van der Waals surface area contributed by atoms with E-state index >= 15 is 0 Å². The van der Waals surface area contributed by atoms with Crippen LogP contribution >= 0.6 is 0 Å². The van der Waals surface area contributed by atoms with Crippen molar-refractivity contribution in [2.45, 2.75) is 43.1 Å². The van der Waals surface area contributed by atoms with E-state index in [2.05, 4.69) is 16.0 Å². The molecule has 1 fully saturated rings. The fourth-order valence-electron chi connectivity index (χ4n) is 4.08. The van der Waals surface area contributed by atoms with Crippen LogP contribution in [-0.4, -0.2) is 78.2 Å². The Balaban J connectivity index is 1.55. The normalized spacial score (nSPS) is 20.2. The number of rotatable bonds is 11. The molecule has 3 amide bonds. The van der Waals surface area contributed by atoms with Gasteiger partial charge in [0, 0.05) is 19.2 Å². The second kappa shape index (κ2) is 12.5. The van der Waals surface area contributed by atoms with Crippen molar-refractivity contribution in [3.05, 3.63) is 63.9 Å². The van der Waals surface area contributed by atoms with Gasteiger partial charge >= 0.3 is 12.0 Å². The maximum Gasteiger partial charge on any atom is 0.328 e. The summed E-state index contributed by atoms with van der Waals surface area (Å²) in [6.45, 7) is -0.210. The number of carbonyl (C=O) groups excluding carboxylic acids is 2. The molecule has 1 heterocycles. The Morgan fingerprint density at radius 1 is 1.24 bits per heavy atom. The van der Waals surface area contributed by atoms with Crippen LogP contribution in [0.3, 0.4) is 0 Å². The highest BCUT2D eigenvalue weighted by molar-refractivity contribution is 7.90. The quantitative estimate of drug-likeness (QED) is 0.221. The van der Waals surface area contributed by atoms with Crippen molar-refractivity contribution in [3.8, 4) is 5.75 Å². The van der Waals surface area contributed by atoms with Gasteiger partial charge in [-0.05, 0) is 43.0 Å². The number of nitrogens with zero attached hydrogens (tertiary/aromatic N) is 2. The zero-order chi connectivity index (χ0) is 27.9. The molecule has 1 aliphatic heterocycles. The van der Waals surface area contributed by atoms with Crippen molar-refractivity contribution < 1.29 is 37.6 Å². The highest BCUT2D eigenvalue weighted by atomic mass is 32.2. The maximum atomic E-state index is 13.1. The van der Waals surface area contributed by atoms with Crippen molar-refractivity contribution in [2.24, 2.45) is 0 Å². The fraction of sp³-hybridized carbons (Fsp3) is 0.435. The molecule has 0 aromatic heterocycles. The summed E-state index contributed by atoms with van der Waals surface area (Å²) in [4.78, 5) is 47.0. The van der Waals surface area contributed by atoms with E-state index in [4.69, 9.17) is 4.74 Å². The molecule has 1 aliphatic carbocycles. The van der Waals surface area contributed by atoms with Gasteiger partial charge in [-0.1, -0.05) is 18.2 Å². The summed E-state index contributed by atoms with van der Waals surface area (Å²) in [7, 11) is -2.51. The van der Waals surface area contributed by atoms with Gasteiger partial charge in [0.25, 0.3) is 5.70 Å². The molecule has 3 atom stereocenters. The number of carbonyl (C=O) groups is 3. The first kappa shape index (κ1) is 28.6. The van der Waals surface area contributed by atoms with Gasteiger partial charge in [0.1, 0.15) is 17.8 Å². The van der Waals surface area contributed by atoms with E-state index in [1.807, 2.05) is 0 Å². The highest BCUT2D eigenvalue weighted by Crippen LogP contribution is 2.28. The van der Waals surface area contributed by atoms with Gasteiger partial charge < -0.3 is 25.8 Å². The summed E-state index contributed by atoms with van der Waals surface area (Å²) >= 11 is 0. The fourth-order valence-corrected chi connectivity index (χ4v) is 5.98. The molecule has 1 unspecified atom stereocenters. The molecule has 0 bridgehead atoms. The third kappa shape index (κ3) is 7.07. The second-order valence-electron chi connectivity index (χ2n) is 8.64. The second-order valence-corrected chi connectivity index (χ2v) is 10.7. The highest BCUT2D eigenvalue weighted by Gasteiger charge is 2.43. The Bertz CT molecular complexity index is 1230. The van der Waals surface area contributed by atoms with Crippen molar-refractivity contribution in [1.29, 1.82) is 0 Å². The number of carboxylic acid groups (broad SMARTS) is 1. The average Bonchev–Trinajstić information content (AvgIpc) is 3.41. The molecule has 3 rings (SSSR count). The molecule has 206 valence electrons. The van der Waals surface area contributed by atoms with Gasteiger partial charge in [0.15, 0.2) is 0 Å². The number of allylic oxidation sites excluding steroid dienone is 2. The minimum Gasteiger partial charge on any atom is -0.497 e. The number of nitrogens with one attached hydrogen (secondary N) is 3. The standard InChI is InChI=1S/C23H29N5O9S/c1-37-17-8-4-15(5-9-17)13-24-23(32)25-14-19(22(30)31)26-21(29)20-3-2-12-27(20)38(35,36)18-10-6-16(7-11-18)28(33)34/h4-10,18-20H,2-3,11-14H2,1H3,(H,26,29)(H,30,31)(H2,24,25,32)/t18?,19-,20-/m0/s1. The lowest BCUT2D eigenvalue weighted by Crippen LogP contribution is -2.55. The smallest absolute Gasteiger partial charge is 0.328 e. The first-order chi connectivity index (χ1) is 18.0. The Morgan fingerprint density at radius 2 is 1.95 bits per heavy atom. The van der Waals surface area contributed by atoms with Gasteiger partial charge in [-0.2, -0.15) is 4.31 Å². The lowest BCUT2D eigenvalue weighted by atomic mass is 10.1. The SMILES string of the molecule is COc1ccc(CNC(=O)NC[C@H](NC(=O)[C@@H]2CCCN2S(=O)(=O)C2C=CC([N+](=O)[O-])=CC2)C(=O)O)cc1. The van der Waals surface area contributed by atoms with Crippen LogP contribution in [0.15, 0.2) is 48.2 Å². The maximum absolute atomic E-state index is 13.1. The molecule has 0 saturated carbocycles. The van der Waals surface area contributed by atoms with Crippen molar-refractivity contribution in [1.82, 2.24) is 20.3 Å². The van der Waals surface area contributed by atoms with Crippen LogP contribution in [-0.2, 0) is 26.2 Å². The van der Waals surface area contributed by atoms with E-state index in [0.717, 1.165) is 15.9 Å². The molecule has 14 nitrogen and oxygen atoms in total. The number of hydrogen-bond donors (Lipinski definition) is 4. The third-order valence-corrected chi connectivity index (χ3v) is 8.37. The van der Waals surface area contributed by atoms with E-state index < -0.39 is 56.7 Å². The number of methoxy groups -OCH3 is 1.